The molecule has 0 saturated carbocycles. The summed E-state index contributed by atoms with van der Waals surface area (Å²) < 4.78 is 1.72. The summed E-state index contributed by atoms with van der Waals surface area (Å²) in [6, 6.07) is 0. The van der Waals surface area contributed by atoms with E-state index >= 15 is 0 Å². The minimum atomic E-state index is -1.51. The van der Waals surface area contributed by atoms with Crippen molar-refractivity contribution in [2.75, 3.05) is 0 Å². The molecule has 0 aromatic heterocycles. The van der Waals surface area contributed by atoms with E-state index in [9.17, 15) is 0 Å². The minimum absolute atomic E-state index is 0.217. The van der Waals surface area contributed by atoms with E-state index in [1.807, 2.05) is 22.4 Å². The molecule has 0 heterocycles. The average Bonchev–Trinajstić information content (AvgIpc) is 2.05. The molecule has 60 valence electrons. The fourth-order valence-electron chi connectivity index (χ4n) is 0.402. The van der Waals surface area contributed by atoms with Crippen molar-refractivity contribution in [2.45, 2.75) is 0 Å². The standard InChI is InChI=1S/C5H7B3INO2/c1-10-5(7-9)3-2-4(6)8(11)12/h2-3,6,11-12H,1H2/b3-2-. The van der Waals surface area contributed by atoms with Crippen LogP contribution in [0.4, 0.5) is 0 Å². The van der Waals surface area contributed by atoms with Crippen molar-refractivity contribution in [3.05, 3.63) is 12.2 Å². The molecule has 0 unspecified atom stereocenters. The SMILES string of the molecule is B=C(/C=C\C(=B/I)N=C)B(O)O. The topological polar surface area (TPSA) is 52.8 Å². The summed E-state index contributed by atoms with van der Waals surface area (Å²) in [7, 11) is 1.90. The van der Waals surface area contributed by atoms with Crippen molar-refractivity contribution < 1.29 is 10.0 Å². The van der Waals surface area contributed by atoms with Crippen LogP contribution >= 0.6 is 22.4 Å². The van der Waals surface area contributed by atoms with Crippen LogP contribution < -0.4 is 0 Å². The van der Waals surface area contributed by atoms with E-state index in [1.54, 1.807) is 10.9 Å². The molecule has 3 nitrogen and oxygen atoms in total. The molecular weight excluding hydrogens is 265 g/mol. The van der Waals surface area contributed by atoms with Crippen molar-refractivity contribution in [2.24, 2.45) is 4.99 Å². The number of rotatable bonds is 4. The Hall–Kier alpha value is -0.00519. The molecule has 0 aromatic rings. The van der Waals surface area contributed by atoms with E-state index in [1.165, 1.54) is 6.08 Å². The average molecular weight is 272 g/mol. The number of aliphatic imine (C=N–C) groups is 1. The van der Waals surface area contributed by atoms with E-state index in [0.717, 1.165) is 0 Å². The second kappa shape index (κ2) is 6.50. The normalized spacial score (nSPS) is 11.0. The number of hydrogen-bond donors (Lipinski definition) is 2. The molecule has 0 bridgehead atoms. The van der Waals surface area contributed by atoms with Crippen LogP contribution in [0.1, 0.15) is 0 Å². The van der Waals surface area contributed by atoms with Gasteiger partial charge >= 0.3 is 86.6 Å². The van der Waals surface area contributed by atoms with Crippen LogP contribution in [-0.4, -0.2) is 47.1 Å². The fraction of sp³-hybridized carbons (Fsp3) is 0. The van der Waals surface area contributed by atoms with Gasteiger partial charge in [0, 0.05) is 0 Å². The van der Waals surface area contributed by atoms with Crippen molar-refractivity contribution in [3.63, 3.8) is 0 Å². The first kappa shape index (κ1) is 12.0. The maximum atomic E-state index is 8.62. The van der Waals surface area contributed by atoms with Gasteiger partial charge in [-0.25, -0.2) is 0 Å². The van der Waals surface area contributed by atoms with Crippen LogP contribution in [0, 0.1) is 0 Å². The van der Waals surface area contributed by atoms with Crippen molar-refractivity contribution in [1.29, 1.82) is 0 Å². The van der Waals surface area contributed by atoms with Crippen LogP contribution in [0.3, 0.4) is 0 Å². The third kappa shape index (κ3) is 4.79. The number of nitrogens with zero attached hydrogens (tertiary/aromatic N) is 1. The van der Waals surface area contributed by atoms with E-state index in [-0.39, 0.29) is 5.36 Å². The van der Waals surface area contributed by atoms with Gasteiger partial charge in [-0.3, -0.25) is 0 Å². The summed E-state index contributed by atoms with van der Waals surface area (Å²) in [5.74, 6) is 0. The Bertz CT molecular complexity index is 239. The summed E-state index contributed by atoms with van der Waals surface area (Å²) in [5, 5.41) is 17.4. The molecule has 7 heteroatoms. The van der Waals surface area contributed by atoms with Crippen LogP contribution in [0.25, 0.3) is 0 Å². The molecule has 0 radical (unpaired) electrons. The number of allylic oxidation sites excluding steroid dienone is 1. The Balaban J connectivity index is 4.24. The van der Waals surface area contributed by atoms with Gasteiger partial charge in [0.15, 0.2) is 0 Å². The van der Waals surface area contributed by atoms with Crippen molar-refractivity contribution >= 4 is 59.4 Å². The first-order valence-corrected chi connectivity index (χ1v) is 4.36. The zero-order valence-corrected chi connectivity index (χ0v) is 8.60. The van der Waals surface area contributed by atoms with Gasteiger partial charge in [-0.05, 0) is 0 Å². The molecule has 0 aliphatic heterocycles. The monoisotopic (exact) mass is 273 g/mol. The molecule has 0 saturated heterocycles. The molecule has 2 N–H and O–H groups in total. The summed E-state index contributed by atoms with van der Waals surface area (Å²) >= 11 is 2.01. The van der Waals surface area contributed by atoms with Gasteiger partial charge in [0.05, 0.1) is 0 Å². The van der Waals surface area contributed by atoms with Gasteiger partial charge < -0.3 is 0 Å². The zero-order chi connectivity index (χ0) is 9.56. The van der Waals surface area contributed by atoms with Gasteiger partial charge in [-0.2, -0.15) is 0 Å². The molecular formula is C5H7B3INO2. The first-order chi connectivity index (χ1) is 5.61. The summed E-state index contributed by atoms with van der Waals surface area (Å²) in [6.07, 6.45) is 3.07. The second-order valence-corrected chi connectivity index (χ2v) is 2.60. The molecule has 0 fully saturated rings. The molecule has 12 heavy (non-hydrogen) atoms. The first-order valence-electron chi connectivity index (χ1n) is 3.12. The third-order valence-electron chi connectivity index (χ3n) is 1.09. The third-order valence-corrected chi connectivity index (χ3v) is 1.73. The predicted molar refractivity (Wildman–Crippen MR) is 65.8 cm³/mol. The van der Waals surface area contributed by atoms with Gasteiger partial charge in [-0.1, -0.05) is 0 Å². The Morgan fingerprint density at radius 3 is 2.50 bits per heavy atom. The van der Waals surface area contributed by atoms with E-state index < -0.39 is 7.12 Å². The van der Waals surface area contributed by atoms with Crippen molar-refractivity contribution in [3.8, 4) is 0 Å². The van der Waals surface area contributed by atoms with Gasteiger partial charge in [0.1, 0.15) is 0 Å². The molecule has 0 aromatic carbocycles. The molecule has 0 atom stereocenters. The number of halogens is 1. The van der Waals surface area contributed by atoms with Crippen LogP contribution in [0.15, 0.2) is 17.1 Å². The molecule has 0 rings (SSSR count). The second-order valence-electron chi connectivity index (χ2n) is 1.97. The maximum absolute atomic E-state index is 8.62. The summed E-state index contributed by atoms with van der Waals surface area (Å²) in [5.41, 5.74) is 0.650. The summed E-state index contributed by atoms with van der Waals surface area (Å²) in [6.45, 7) is 3.33. The molecule has 0 spiro atoms. The predicted octanol–water partition coefficient (Wildman–Crippen LogP) is -1.49. The van der Waals surface area contributed by atoms with Gasteiger partial charge in [0.2, 0.25) is 0 Å². The Kier molecular flexibility index (Phi) is 6.50. The van der Waals surface area contributed by atoms with E-state index in [2.05, 4.69) is 19.2 Å². The molecule has 0 aliphatic rings. The fourth-order valence-corrected chi connectivity index (χ4v) is 0.807. The molecule has 0 amide bonds. The van der Waals surface area contributed by atoms with Gasteiger partial charge in [-0.15, -0.1) is 0 Å². The summed E-state index contributed by atoms with van der Waals surface area (Å²) in [4.78, 5) is 3.65. The Labute approximate surface area is 86.6 Å². The van der Waals surface area contributed by atoms with Crippen LogP contribution in [-0.2, 0) is 0 Å². The Morgan fingerprint density at radius 1 is 1.58 bits per heavy atom. The van der Waals surface area contributed by atoms with E-state index in [4.69, 9.17) is 10.0 Å². The van der Waals surface area contributed by atoms with Gasteiger partial charge in [0.25, 0.3) is 0 Å². The van der Waals surface area contributed by atoms with Crippen LogP contribution in [0.5, 0.6) is 0 Å². The van der Waals surface area contributed by atoms with E-state index in [0.29, 0.717) is 5.59 Å². The van der Waals surface area contributed by atoms with Crippen LogP contribution in [0.2, 0.25) is 0 Å². The van der Waals surface area contributed by atoms with Crippen molar-refractivity contribution in [1.82, 2.24) is 0 Å². The molecule has 0 aliphatic carbocycles. The Morgan fingerprint density at radius 2 is 2.17 bits per heavy atom. The quantitative estimate of drug-likeness (QED) is 0.372. The number of hydrogen-bond acceptors (Lipinski definition) is 3. The zero-order valence-electron chi connectivity index (χ0n) is 6.44.